The van der Waals surface area contributed by atoms with Gasteiger partial charge in [0.2, 0.25) is 0 Å². The number of hydrogen-bond acceptors (Lipinski definition) is 4. The molecule has 2 heterocycles. The molecule has 0 aliphatic rings. The SMILES string of the molecule is CC(C)n1c(CCNC(=O)c2cc(-c3ccccc3)nc3ccccc23)n[nH]c1=S. The first-order valence-electron chi connectivity index (χ1n) is 9.94. The Morgan fingerprint density at radius 2 is 1.87 bits per heavy atom. The van der Waals surface area contributed by atoms with Crippen LogP contribution in [0.25, 0.3) is 22.2 Å². The van der Waals surface area contributed by atoms with Crippen LogP contribution in [-0.2, 0) is 6.42 Å². The van der Waals surface area contributed by atoms with Crippen LogP contribution in [0.2, 0.25) is 0 Å². The van der Waals surface area contributed by atoms with Gasteiger partial charge in [-0.05, 0) is 38.2 Å². The Hall–Kier alpha value is -3.32. The number of hydrogen-bond donors (Lipinski definition) is 2. The van der Waals surface area contributed by atoms with Gasteiger partial charge in [0.15, 0.2) is 4.77 Å². The zero-order chi connectivity index (χ0) is 21.1. The molecule has 0 radical (unpaired) electrons. The van der Waals surface area contributed by atoms with E-state index in [-0.39, 0.29) is 11.9 Å². The van der Waals surface area contributed by atoms with Crippen molar-refractivity contribution in [1.29, 1.82) is 0 Å². The molecule has 2 aromatic carbocycles. The number of aromatic nitrogens is 4. The molecule has 7 heteroatoms. The van der Waals surface area contributed by atoms with Crippen LogP contribution in [0.3, 0.4) is 0 Å². The second kappa shape index (κ2) is 8.59. The third kappa shape index (κ3) is 4.02. The summed E-state index contributed by atoms with van der Waals surface area (Å²) in [6, 6.07) is 19.7. The Balaban J connectivity index is 1.59. The van der Waals surface area contributed by atoms with E-state index in [1.807, 2.05) is 65.2 Å². The number of fused-ring (bicyclic) bond motifs is 1. The fourth-order valence-electron chi connectivity index (χ4n) is 3.55. The van der Waals surface area contributed by atoms with Crippen LogP contribution in [0.1, 0.15) is 36.1 Å². The van der Waals surface area contributed by atoms with Crippen molar-refractivity contribution >= 4 is 29.0 Å². The summed E-state index contributed by atoms with van der Waals surface area (Å²) < 4.78 is 2.57. The van der Waals surface area contributed by atoms with Crippen molar-refractivity contribution in [2.24, 2.45) is 0 Å². The van der Waals surface area contributed by atoms with Crippen LogP contribution in [0, 0.1) is 4.77 Å². The number of aromatic amines is 1. The van der Waals surface area contributed by atoms with Gasteiger partial charge in [0.05, 0.1) is 16.8 Å². The van der Waals surface area contributed by atoms with Crippen LogP contribution in [0.15, 0.2) is 60.7 Å². The van der Waals surface area contributed by atoms with E-state index in [0.29, 0.717) is 23.3 Å². The molecule has 0 aliphatic carbocycles. The van der Waals surface area contributed by atoms with Gasteiger partial charge in [0.1, 0.15) is 5.82 Å². The molecule has 0 atom stereocenters. The van der Waals surface area contributed by atoms with Crippen molar-refractivity contribution < 1.29 is 4.79 Å². The van der Waals surface area contributed by atoms with Gasteiger partial charge in [0.25, 0.3) is 5.91 Å². The second-order valence-electron chi connectivity index (χ2n) is 7.35. The Kier molecular flexibility index (Phi) is 5.72. The van der Waals surface area contributed by atoms with E-state index in [1.165, 1.54) is 0 Å². The molecule has 30 heavy (non-hydrogen) atoms. The number of carbonyl (C=O) groups excluding carboxylic acids is 1. The smallest absolute Gasteiger partial charge is 0.252 e. The minimum atomic E-state index is -0.129. The van der Waals surface area contributed by atoms with Gasteiger partial charge in [-0.2, -0.15) is 5.10 Å². The lowest BCUT2D eigenvalue weighted by molar-refractivity contribution is 0.0955. The summed E-state index contributed by atoms with van der Waals surface area (Å²) in [7, 11) is 0. The lowest BCUT2D eigenvalue weighted by atomic mass is 10.0. The van der Waals surface area contributed by atoms with Gasteiger partial charge in [-0.3, -0.25) is 9.89 Å². The van der Waals surface area contributed by atoms with Gasteiger partial charge < -0.3 is 9.88 Å². The number of rotatable bonds is 6. The van der Waals surface area contributed by atoms with Crippen LogP contribution in [-0.4, -0.2) is 32.2 Å². The van der Waals surface area contributed by atoms with E-state index in [1.54, 1.807) is 0 Å². The van der Waals surface area contributed by atoms with E-state index in [0.717, 1.165) is 28.0 Å². The highest BCUT2D eigenvalue weighted by atomic mass is 32.1. The third-order valence-electron chi connectivity index (χ3n) is 4.96. The second-order valence-corrected chi connectivity index (χ2v) is 7.74. The highest BCUT2D eigenvalue weighted by molar-refractivity contribution is 7.71. The monoisotopic (exact) mass is 417 g/mol. The van der Waals surface area contributed by atoms with Crippen molar-refractivity contribution in [3.8, 4) is 11.3 Å². The van der Waals surface area contributed by atoms with Gasteiger partial charge in [-0.25, -0.2) is 4.98 Å². The summed E-state index contributed by atoms with van der Waals surface area (Å²) in [5, 5.41) is 11.0. The van der Waals surface area contributed by atoms with Crippen LogP contribution >= 0.6 is 12.2 Å². The van der Waals surface area contributed by atoms with Gasteiger partial charge in [-0.1, -0.05) is 48.5 Å². The first-order chi connectivity index (χ1) is 14.5. The first-order valence-corrected chi connectivity index (χ1v) is 10.3. The molecule has 152 valence electrons. The molecule has 6 nitrogen and oxygen atoms in total. The number of amides is 1. The minimum Gasteiger partial charge on any atom is -0.352 e. The molecule has 0 spiro atoms. The maximum Gasteiger partial charge on any atom is 0.252 e. The van der Waals surface area contributed by atoms with Crippen molar-refractivity contribution in [3.63, 3.8) is 0 Å². The number of H-pyrrole nitrogens is 1. The van der Waals surface area contributed by atoms with E-state index in [4.69, 9.17) is 17.2 Å². The molecule has 0 aliphatic heterocycles. The molecular formula is C23H23N5OS. The summed E-state index contributed by atoms with van der Waals surface area (Å²) >= 11 is 5.29. The predicted octanol–water partition coefficient (Wildman–Crippen LogP) is 4.71. The highest BCUT2D eigenvalue weighted by Crippen LogP contribution is 2.24. The summed E-state index contributed by atoms with van der Waals surface area (Å²) in [5.41, 5.74) is 3.16. The standard InChI is InChI=1S/C23H23N5OS/c1-15(2)28-21(26-27-23(28)30)12-13-24-22(29)18-14-20(16-8-4-3-5-9-16)25-19-11-7-6-10-17(18)19/h3-11,14-15H,12-13H2,1-2H3,(H,24,29)(H,27,30). The molecule has 0 saturated heterocycles. The quantitative estimate of drug-likeness (QED) is 0.446. The maximum atomic E-state index is 13.1. The minimum absolute atomic E-state index is 0.129. The number of carbonyl (C=O) groups is 1. The van der Waals surface area contributed by atoms with E-state index >= 15 is 0 Å². The number of pyridine rings is 1. The number of benzene rings is 2. The molecule has 0 saturated carbocycles. The highest BCUT2D eigenvalue weighted by Gasteiger charge is 2.15. The summed E-state index contributed by atoms with van der Waals surface area (Å²) in [4.78, 5) is 17.8. The lowest BCUT2D eigenvalue weighted by Gasteiger charge is -2.12. The van der Waals surface area contributed by atoms with Crippen molar-refractivity contribution in [1.82, 2.24) is 25.1 Å². The fourth-order valence-corrected chi connectivity index (χ4v) is 3.91. The van der Waals surface area contributed by atoms with Crippen molar-refractivity contribution in [2.45, 2.75) is 26.3 Å². The Bertz CT molecular complexity index is 1240. The first kappa shape index (κ1) is 20.0. The molecule has 2 aromatic heterocycles. The molecule has 0 fully saturated rings. The maximum absolute atomic E-state index is 13.1. The molecule has 0 bridgehead atoms. The molecule has 0 unspecified atom stereocenters. The largest absolute Gasteiger partial charge is 0.352 e. The van der Waals surface area contributed by atoms with Gasteiger partial charge >= 0.3 is 0 Å². The number of nitrogens with zero attached hydrogens (tertiary/aromatic N) is 3. The average Bonchev–Trinajstić information content (AvgIpc) is 3.14. The molecular weight excluding hydrogens is 394 g/mol. The normalized spacial score (nSPS) is 11.2. The zero-order valence-corrected chi connectivity index (χ0v) is 17.7. The van der Waals surface area contributed by atoms with Crippen LogP contribution < -0.4 is 5.32 Å². The molecule has 1 amide bonds. The Morgan fingerprint density at radius 1 is 1.13 bits per heavy atom. The number of nitrogens with one attached hydrogen (secondary N) is 2. The van der Waals surface area contributed by atoms with Gasteiger partial charge in [0, 0.05) is 30.0 Å². The summed E-state index contributed by atoms with van der Waals surface area (Å²) in [6.07, 6.45) is 0.589. The average molecular weight is 418 g/mol. The zero-order valence-electron chi connectivity index (χ0n) is 16.9. The van der Waals surface area contributed by atoms with E-state index in [2.05, 4.69) is 29.4 Å². The lowest BCUT2D eigenvalue weighted by Crippen LogP contribution is -2.27. The fraction of sp³-hybridized carbons (Fsp3) is 0.217. The predicted molar refractivity (Wildman–Crippen MR) is 121 cm³/mol. The van der Waals surface area contributed by atoms with Crippen LogP contribution in [0.5, 0.6) is 0 Å². The Labute approximate surface area is 180 Å². The van der Waals surface area contributed by atoms with E-state index < -0.39 is 0 Å². The molecule has 4 rings (SSSR count). The third-order valence-corrected chi connectivity index (χ3v) is 5.25. The Morgan fingerprint density at radius 3 is 2.63 bits per heavy atom. The van der Waals surface area contributed by atoms with E-state index in [9.17, 15) is 4.79 Å². The molecule has 4 aromatic rings. The summed E-state index contributed by atoms with van der Waals surface area (Å²) in [5.74, 6) is 0.705. The topological polar surface area (TPSA) is 75.6 Å². The van der Waals surface area contributed by atoms with Crippen molar-refractivity contribution in [3.05, 3.63) is 76.8 Å². The number of para-hydroxylation sites is 1. The van der Waals surface area contributed by atoms with Crippen molar-refractivity contribution in [2.75, 3.05) is 6.54 Å². The summed E-state index contributed by atoms with van der Waals surface area (Å²) in [6.45, 7) is 4.58. The van der Waals surface area contributed by atoms with Gasteiger partial charge in [-0.15, -0.1) is 0 Å². The van der Waals surface area contributed by atoms with Crippen LogP contribution in [0.4, 0.5) is 0 Å². The molecule has 2 N–H and O–H groups in total.